The Morgan fingerprint density at radius 3 is 2.76 bits per heavy atom. The van der Waals surface area contributed by atoms with Gasteiger partial charge >= 0.3 is 6.18 Å². The van der Waals surface area contributed by atoms with Crippen LogP contribution in [0.4, 0.5) is 18.3 Å². The summed E-state index contributed by atoms with van der Waals surface area (Å²) < 4.78 is 42.4. The summed E-state index contributed by atoms with van der Waals surface area (Å²) in [5, 5.41) is 7.22. The first-order valence-electron chi connectivity index (χ1n) is 5.85. The number of ether oxygens (including phenoxy) is 1. The van der Waals surface area contributed by atoms with Crippen LogP contribution in [0.1, 0.15) is 22.3 Å². The van der Waals surface area contributed by atoms with Crippen LogP contribution < -0.4 is 10.1 Å². The molecule has 0 saturated heterocycles. The van der Waals surface area contributed by atoms with Crippen molar-refractivity contribution in [2.45, 2.75) is 13.1 Å². The molecule has 0 fully saturated rings. The molecule has 0 aliphatic carbocycles. The number of hydrogen-bond acceptors (Lipinski definition) is 5. The van der Waals surface area contributed by atoms with E-state index in [1.807, 2.05) is 0 Å². The van der Waals surface area contributed by atoms with E-state index in [1.165, 1.54) is 12.1 Å². The van der Waals surface area contributed by atoms with Gasteiger partial charge in [-0.25, -0.2) is 0 Å². The second-order valence-corrected chi connectivity index (χ2v) is 4.80. The molecule has 5 nitrogen and oxygen atoms in total. The second-order valence-electron chi connectivity index (χ2n) is 3.83. The summed E-state index contributed by atoms with van der Waals surface area (Å²) >= 11 is 0.267. The molecular formula is C12H10F3N3O2S. The number of amides is 1. The SMILES string of the molecule is CCOc1cccc(C(=O)Nc2nnc(C(F)(F)F)s2)c1. The molecule has 1 heterocycles. The maximum absolute atomic E-state index is 12.4. The van der Waals surface area contributed by atoms with E-state index < -0.39 is 17.1 Å². The van der Waals surface area contributed by atoms with E-state index >= 15 is 0 Å². The Balaban J connectivity index is 2.11. The minimum absolute atomic E-state index is 0.214. The summed E-state index contributed by atoms with van der Waals surface area (Å²) in [6, 6.07) is 6.29. The average Bonchev–Trinajstić information content (AvgIpc) is 2.88. The van der Waals surface area contributed by atoms with Crippen LogP contribution in [0, 0.1) is 0 Å². The fourth-order valence-corrected chi connectivity index (χ4v) is 2.06. The lowest BCUT2D eigenvalue weighted by atomic mass is 10.2. The Labute approximate surface area is 121 Å². The Bertz CT molecular complexity index is 643. The van der Waals surface area contributed by atoms with Gasteiger partial charge < -0.3 is 4.74 Å². The van der Waals surface area contributed by atoms with E-state index in [9.17, 15) is 18.0 Å². The summed E-state index contributed by atoms with van der Waals surface area (Å²) in [5.41, 5.74) is 0.254. The van der Waals surface area contributed by atoms with Gasteiger partial charge in [0.2, 0.25) is 10.1 Å². The van der Waals surface area contributed by atoms with E-state index in [4.69, 9.17) is 4.74 Å². The minimum atomic E-state index is -4.57. The molecule has 1 aromatic carbocycles. The van der Waals surface area contributed by atoms with E-state index in [-0.39, 0.29) is 22.0 Å². The van der Waals surface area contributed by atoms with Gasteiger partial charge in [0.1, 0.15) is 5.75 Å². The van der Waals surface area contributed by atoms with Crippen molar-refractivity contribution in [1.82, 2.24) is 10.2 Å². The lowest BCUT2D eigenvalue weighted by Crippen LogP contribution is -2.11. The van der Waals surface area contributed by atoms with Gasteiger partial charge in [0.15, 0.2) is 0 Å². The lowest BCUT2D eigenvalue weighted by molar-refractivity contribution is -0.138. The Hall–Kier alpha value is -2.16. The van der Waals surface area contributed by atoms with Crippen molar-refractivity contribution in [2.75, 3.05) is 11.9 Å². The van der Waals surface area contributed by atoms with Crippen LogP contribution in [-0.2, 0) is 6.18 Å². The summed E-state index contributed by atoms with van der Waals surface area (Å²) in [4.78, 5) is 11.9. The number of carbonyl (C=O) groups is 1. The zero-order valence-corrected chi connectivity index (χ0v) is 11.6. The van der Waals surface area contributed by atoms with Gasteiger partial charge in [-0.1, -0.05) is 17.4 Å². The zero-order chi connectivity index (χ0) is 15.5. The monoisotopic (exact) mass is 317 g/mol. The largest absolute Gasteiger partial charge is 0.494 e. The number of carbonyl (C=O) groups excluding carboxylic acids is 1. The van der Waals surface area contributed by atoms with Crippen molar-refractivity contribution in [3.8, 4) is 5.75 Å². The first-order chi connectivity index (χ1) is 9.90. The predicted molar refractivity (Wildman–Crippen MR) is 70.5 cm³/mol. The smallest absolute Gasteiger partial charge is 0.445 e. The van der Waals surface area contributed by atoms with Gasteiger partial charge in [-0.15, -0.1) is 10.2 Å². The molecule has 0 aliphatic rings. The number of halogens is 3. The number of nitrogens with zero attached hydrogens (tertiary/aromatic N) is 2. The molecule has 0 aliphatic heterocycles. The van der Waals surface area contributed by atoms with Crippen molar-refractivity contribution < 1.29 is 22.7 Å². The molecule has 0 saturated carbocycles. The molecular weight excluding hydrogens is 307 g/mol. The molecule has 0 bridgehead atoms. The number of nitrogens with one attached hydrogen (secondary N) is 1. The number of anilines is 1. The highest BCUT2D eigenvalue weighted by Crippen LogP contribution is 2.33. The molecule has 0 spiro atoms. The third-order valence-electron chi connectivity index (χ3n) is 2.30. The Kier molecular flexibility index (Phi) is 4.41. The first kappa shape index (κ1) is 15.2. The van der Waals surface area contributed by atoms with Crippen LogP contribution in [0.5, 0.6) is 5.75 Å². The Morgan fingerprint density at radius 1 is 1.38 bits per heavy atom. The Morgan fingerprint density at radius 2 is 2.14 bits per heavy atom. The molecule has 1 amide bonds. The highest BCUT2D eigenvalue weighted by atomic mass is 32.1. The number of aromatic nitrogens is 2. The highest BCUT2D eigenvalue weighted by molar-refractivity contribution is 7.15. The maximum Gasteiger partial charge on any atom is 0.445 e. The molecule has 0 unspecified atom stereocenters. The molecule has 21 heavy (non-hydrogen) atoms. The van der Waals surface area contributed by atoms with Gasteiger partial charge in [0.25, 0.3) is 5.91 Å². The predicted octanol–water partition coefficient (Wildman–Crippen LogP) is 3.21. The van der Waals surface area contributed by atoms with Crippen molar-refractivity contribution in [1.29, 1.82) is 0 Å². The van der Waals surface area contributed by atoms with Crippen molar-refractivity contribution >= 4 is 22.4 Å². The number of benzene rings is 1. The number of hydrogen-bond donors (Lipinski definition) is 1. The van der Waals surface area contributed by atoms with Crippen LogP contribution in [0.15, 0.2) is 24.3 Å². The second kappa shape index (κ2) is 6.08. The standard InChI is InChI=1S/C12H10F3N3O2S/c1-2-20-8-5-3-4-7(6-8)9(19)16-11-18-17-10(21-11)12(13,14)15/h3-6H,2H2,1H3,(H,16,18,19). The summed E-state index contributed by atoms with van der Waals surface area (Å²) in [6.45, 7) is 2.24. The molecule has 112 valence electrons. The van der Waals surface area contributed by atoms with Crippen LogP contribution in [0.25, 0.3) is 0 Å². The third kappa shape index (κ3) is 3.91. The van der Waals surface area contributed by atoms with Gasteiger partial charge in [-0.05, 0) is 25.1 Å². The average molecular weight is 317 g/mol. The highest BCUT2D eigenvalue weighted by Gasteiger charge is 2.35. The first-order valence-corrected chi connectivity index (χ1v) is 6.66. The fraction of sp³-hybridized carbons (Fsp3) is 0.250. The summed E-state index contributed by atoms with van der Waals surface area (Å²) in [7, 11) is 0. The number of alkyl halides is 3. The van der Waals surface area contributed by atoms with Gasteiger partial charge in [0.05, 0.1) is 6.61 Å². The van der Waals surface area contributed by atoms with E-state index in [1.54, 1.807) is 19.1 Å². The number of rotatable bonds is 4. The fourth-order valence-electron chi connectivity index (χ4n) is 1.45. The summed E-state index contributed by atoms with van der Waals surface area (Å²) in [5.74, 6) is -0.0835. The van der Waals surface area contributed by atoms with E-state index in [2.05, 4.69) is 15.5 Å². The van der Waals surface area contributed by atoms with Crippen molar-refractivity contribution in [3.63, 3.8) is 0 Å². The van der Waals surface area contributed by atoms with Crippen molar-refractivity contribution in [2.24, 2.45) is 0 Å². The third-order valence-corrected chi connectivity index (χ3v) is 3.18. The molecule has 2 rings (SSSR count). The van der Waals surface area contributed by atoms with Gasteiger partial charge in [-0.3, -0.25) is 10.1 Å². The van der Waals surface area contributed by atoms with Crippen LogP contribution in [0.3, 0.4) is 0 Å². The summed E-state index contributed by atoms with van der Waals surface area (Å²) in [6.07, 6.45) is -4.57. The molecule has 0 atom stereocenters. The zero-order valence-electron chi connectivity index (χ0n) is 10.8. The molecule has 2 aromatic rings. The van der Waals surface area contributed by atoms with Gasteiger partial charge in [0, 0.05) is 5.56 Å². The molecule has 1 aromatic heterocycles. The molecule has 9 heteroatoms. The van der Waals surface area contributed by atoms with Crippen LogP contribution in [0.2, 0.25) is 0 Å². The van der Waals surface area contributed by atoms with Crippen LogP contribution >= 0.6 is 11.3 Å². The normalized spacial score (nSPS) is 11.2. The quantitative estimate of drug-likeness (QED) is 0.940. The topological polar surface area (TPSA) is 64.1 Å². The molecule has 1 N–H and O–H groups in total. The lowest BCUT2D eigenvalue weighted by Gasteiger charge is -2.05. The van der Waals surface area contributed by atoms with Crippen LogP contribution in [-0.4, -0.2) is 22.7 Å². The van der Waals surface area contributed by atoms with Crippen molar-refractivity contribution in [3.05, 3.63) is 34.8 Å². The van der Waals surface area contributed by atoms with E-state index in [0.29, 0.717) is 12.4 Å². The van der Waals surface area contributed by atoms with Gasteiger partial charge in [-0.2, -0.15) is 13.2 Å². The van der Waals surface area contributed by atoms with E-state index in [0.717, 1.165) is 0 Å². The molecule has 0 radical (unpaired) electrons. The maximum atomic E-state index is 12.4. The minimum Gasteiger partial charge on any atom is -0.494 e.